The van der Waals surface area contributed by atoms with Crippen molar-refractivity contribution in [3.8, 4) is 0 Å². The van der Waals surface area contributed by atoms with Crippen molar-refractivity contribution in [2.24, 2.45) is 0 Å². The number of hydrogen-bond donors (Lipinski definition) is 3. The maximum Gasteiger partial charge on any atom is 0.257 e. The van der Waals surface area contributed by atoms with Crippen molar-refractivity contribution in [2.45, 2.75) is 18.0 Å². The lowest BCUT2D eigenvalue weighted by Gasteiger charge is -2.06. The molecule has 3 N–H and O–H groups in total. The van der Waals surface area contributed by atoms with Crippen molar-refractivity contribution in [1.82, 2.24) is 25.2 Å². The van der Waals surface area contributed by atoms with Crippen molar-refractivity contribution in [3.63, 3.8) is 0 Å². The lowest BCUT2D eigenvalue weighted by atomic mass is 10.3. The largest absolute Gasteiger partial charge is 0.313 e. The van der Waals surface area contributed by atoms with Crippen LogP contribution in [0.3, 0.4) is 0 Å². The molecule has 2 aromatic rings. The molecule has 0 aliphatic rings. The second-order valence-electron chi connectivity index (χ2n) is 4.21. The first-order valence-corrected chi connectivity index (χ1v) is 7.75. The summed E-state index contributed by atoms with van der Waals surface area (Å²) in [6.45, 7) is 1.82. The Morgan fingerprint density at radius 1 is 1.20 bits per heavy atom. The zero-order chi connectivity index (χ0) is 14.3. The fourth-order valence-corrected chi connectivity index (χ4v) is 2.61. The van der Waals surface area contributed by atoms with Gasteiger partial charge in [-0.1, -0.05) is 6.07 Å². The molecule has 2 rings (SSSR count). The van der Waals surface area contributed by atoms with Crippen molar-refractivity contribution in [2.75, 3.05) is 13.1 Å². The van der Waals surface area contributed by atoms with Crippen molar-refractivity contribution in [3.05, 3.63) is 42.4 Å². The van der Waals surface area contributed by atoms with E-state index in [0.717, 1.165) is 18.7 Å². The average molecular weight is 295 g/mol. The summed E-state index contributed by atoms with van der Waals surface area (Å²) in [5.41, 5.74) is 1.10. The van der Waals surface area contributed by atoms with E-state index < -0.39 is 10.0 Å². The Kier molecular flexibility index (Phi) is 5.22. The van der Waals surface area contributed by atoms with Gasteiger partial charge in [-0.25, -0.2) is 13.1 Å². The third-order valence-electron chi connectivity index (χ3n) is 2.64. The van der Waals surface area contributed by atoms with E-state index in [1.54, 1.807) is 12.4 Å². The fraction of sp³-hybridized carbons (Fsp3) is 0.333. The number of hydrogen-bond acceptors (Lipinski definition) is 5. The molecule has 0 bridgehead atoms. The molecule has 2 heterocycles. The Hall–Kier alpha value is -1.77. The minimum absolute atomic E-state index is 0.0841. The zero-order valence-electron chi connectivity index (χ0n) is 10.9. The van der Waals surface area contributed by atoms with Crippen LogP contribution in [0.2, 0.25) is 0 Å². The number of rotatable bonds is 8. The monoisotopic (exact) mass is 295 g/mol. The third-order valence-corrected chi connectivity index (χ3v) is 4.03. The van der Waals surface area contributed by atoms with E-state index in [-0.39, 0.29) is 5.03 Å². The van der Waals surface area contributed by atoms with Crippen LogP contribution in [-0.4, -0.2) is 36.7 Å². The molecule has 8 heteroatoms. The zero-order valence-corrected chi connectivity index (χ0v) is 11.7. The lowest BCUT2D eigenvalue weighted by Crippen LogP contribution is -2.27. The van der Waals surface area contributed by atoms with Crippen LogP contribution in [0.1, 0.15) is 12.0 Å². The smallest absolute Gasteiger partial charge is 0.257 e. The minimum atomic E-state index is -3.46. The molecule has 0 radical (unpaired) electrons. The molecule has 7 nitrogen and oxygen atoms in total. The van der Waals surface area contributed by atoms with Crippen LogP contribution >= 0.6 is 0 Å². The highest BCUT2D eigenvalue weighted by Gasteiger charge is 2.13. The first-order valence-electron chi connectivity index (χ1n) is 6.27. The average Bonchev–Trinajstić information content (AvgIpc) is 2.99. The second kappa shape index (κ2) is 7.13. The van der Waals surface area contributed by atoms with Crippen LogP contribution in [-0.2, 0) is 16.6 Å². The molecular weight excluding hydrogens is 278 g/mol. The lowest BCUT2D eigenvalue weighted by molar-refractivity contribution is 0.569. The highest BCUT2D eigenvalue weighted by atomic mass is 32.2. The molecule has 0 saturated carbocycles. The first kappa shape index (κ1) is 14.6. The maximum absolute atomic E-state index is 11.7. The van der Waals surface area contributed by atoms with E-state index in [0.29, 0.717) is 13.0 Å². The Morgan fingerprint density at radius 3 is 2.80 bits per heavy atom. The number of aromatic amines is 1. The van der Waals surface area contributed by atoms with Gasteiger partial charge >= 0.3 is 0 Å². The summed E-state index contributed by atoms with van der Waals surface area (Å²) in [4.78, 5) is 4.02. The van der Waals surface area contributed by atoms with Crippen molar-refractivity contribution >= 4 is 10.0 Å². The van der Waals surface area contributed by atoms with Gasteiger partial charge < -0.3 is 5.32 Å². The normalized spacial score (nSPS) is 11.6. The van der Waals surface area contributed by atoms with E-state index >= 15 is 0 Å². The molecule has 0 spiro atoms. The van der Waals surface area contributed by atoms with Crippen molar-refractivity contribution < 1.29 is 8.42 Å². The van der Waals surface area contributed by atoms with Crippen LogP contribution in [0, 0.1) is 0 Å². The Morgan fingerprint density at radius 2 is 2.10 bits per heavy atom. The van der Waals surface area contributed by atoms with Gasteiger partial charge in [0.25, 0.3) is 10.0 Å². The molecular formula is C12H17N5O2S. The molecule has 0 fully saturated rings. The summed E-state index contributed by atoms with van der Waals surface area (Å²) < 4.78 is 26.0. The topological polar surface area (TPSA) is 99.8 Å². The third kappa shape index (κ3) is 4.41. The summed E-state index contributed by atoms with van der Waals surface area (Å²) in [6, 6.07) is 5.29. The number of H-pyrrole nitrogens is 1. The Bertz CT molecular complexity index is 598. The molecule has 0 saturated heterocycles. The van der Waals surface area contributed by atoms with Gasteiger partial charge in [0.1, 0.15) is 0 Å². The minimum Gasteiger partial charge on any atom is -0.313 e. The summed E-state index contributed by atoms with van der Waals surface area (Å²) in [5.74, 6) is 0. The highest BCUT2D eigenvalue weighted by molar-refractivity contribution is 7.89. The van der Waals surface area contributed by atoms with Crippen LogP contribution in [0.25, 0.3) is 0 Å². The van der Waals surface area contributed by atoms with Crippen LogP contribution in [0.4, 0.5) is 0 Å². The highest BCUT2D eigenvalue weighted by Crippen LogP contribution is 2.01. The summed E-state index contributed by atoms with van der Waals surface area (Å²) in [6.07, 6.45) is 5.64. The molecule has 108 valence electrons. The molecule has 0 aromatic carbocycles. The fourth-order valence-electron chi connectivity index (χ4n) is 1.63. The molecule has 0 amide bonds. The predicted octanol–water partition coefficient (Wildman–Crippen LogP) is 0.263. The van der Waals surface area contributed by atoms with Crippen LogP contribution < -0.4 is 10.0 Å². The molecule has 2 aromatic heterocycles. The van der Waals surface area contributed by atoms with Gasteiger partial charge in [0.15, 0.2) is 5.03 Å². The molecule has 20 heavy (non-hydrogen) atoms. The molecule has 0 atom stereocenters. The summed E-state index contributed by atoms with van der Waals surface area (Å²) in [7, 11) is -3.46. The van der Waals surface area contributed by atoms with E-state index in [1.807, 2.05) is 12.1 Å². The van der Waals surface area contributed by atoms with Gasteiger partial charge in [-0.2, -0.15) is 5.10 Å². The van der Waals surface area contributed by atoms with Gasteiger partial charge in [0.05, 0.1) is 6.20 Å². The van der Waals surface area contributed by atoms with Gasteiger partial charge in [-0.15, -0.1) is 0 Å². The Balaban J connectivity index is 1.63. The SMILES string of the molecule is O=S(=O)(NCCCNCc1cccnc1)c1ccn[nH]1. The number of sulfonamides is 1. The summed E-state index contributed by atoms with van der Waals surface area (Å²) >= 11 is 0. The van der Waals surface area contributed by atoms with Gasteiger partial charge in [-0.3, -0.25) is 10.1 Å². The van der Waals surface area contributed by atoms with Crippen LogP contribution in [0.15, 0.2) is 41.8 Å². The predicted molar refractivity (Wildman–Crippen MR) is 74.3 cm³/mol. The number of pyridine rings is 1. The maximum atomic E-state index is 11.7. The number of aromatic nitrogens is 3. The van der Waals surface area contributed by atoms with Crippen molar-refractivity contribution in [1.29, 1.82) is 0 Å². The van der Waals surface area contributed by atoms with E-state index in [2.05, 4.69) is 25.2 Å². The van der Waals surface area contributed by atoms with Gasteiger partial charge in [0, 0.05) is 25.5 Å². The number of nitrogens with one attached hydrogen (secondary N) is 3. The number of nitrogens with zero attached hydrogens (tertiary/aromatic N) is 2. The van der Waals surface area contributed by atoms with E-state index in [9.17, 15) is 8.42 Å². The Labute approximate surface area is 117 Å². The molecule has 0 aliphatic heterocycles. The molecule has 0 aliphatic carbocycles. The van der Waals surface area contributed by atoms with Gasteiger partial charge in [0.2, 0.25) is 0 Å². The quantitative estimate of drug-likeness (QED) is 0.607. The standard InChI is InChI=1S/C12H17N5O2S/c18-20(19,12-4-8-15-17-12)16-7-2-6-14-10-11-3-1-5-13-9-11/h1,3-5,8-9,14,16H,2,6-7,10H2,(H,15,17). The second-order valence-corrected chi connectivity index (χ2v) is 5.95. The summed E-state index contributed by atoms with van der Waals surface area (Å²) in [5, 5.41) is 9.36. The van der Waals surface area contributed by atoms with E-state index in [1.165, 1.54) is 12.3 Å². The molecule has 0 unspecified atom stereocenters. The van der Waals surface area contributed by atoms with Gasteiger partial charge in [-0.05, 0) is 30.7 Å². The first-order chi connectivity index (χ1) is 9.68. The van der Waals surface area contributed by atoms with Crippen LogP contribution in [0.5, 0.6) is 0 Å². The van der Waals surface area contributed by atoms with E-state index in [4.69, 9.17) is 0 Å².